The fraction of sp³-hybridized carbons (Fsp3) is 0.769. The SMILES string of the molecule is C=CCOCCCC(=O)NCC(N)(CC)CC.Cl. The molecule has 0 rings (SSSR count). The minimum Gasteiger partial charge on any atom is -0.377 e. The van der Waals surface area contributed by atoms with Crippen molar-refractivity contribution in [2.75, 3.05) is 19.8 Å². The number of carbonyl (C=O) groups is 1. The van der Waals surface area contributed by atoms with E-state index in [0.717, 1.165) is 19.3 Å². The second-order valence-corrected chi connectivity index (χ2v) is 4.31. The summed E-state index contributed by atoms with van der Waals surface area (Å²) in [6, 6.07) is 0. The number of rotatable bonds is 10. The van der Waals surface area contributed by atoms with Crippen LogP contribution in [0.3, 0.4) is 0 Å². The van der Waals surface area contributed by atoms with E-state index in [1.165, 1.54) is 0 Å². The van der Waals surface area contributed by atoms with Crippen molar-refractivity contribution >= 4 is 18.3 Å². The van der Waals surface area contributed by atoms with Crippen molar-refractivity contribution in [2.45, 2.75) is 45.1 Å². The highest BCUT2D eigenvalue weighted by atomic mass is 35.5. The van der Waals surface area contributed by atoms with Crippen LogP contribution < -0.4 is 11.1 Å². The van der Waals surface area contributed by atoms with E-state index in [1.807, 2.05) is 13.8 Å². The molecule has 0 aromatic rings. The van der Waals surface area contributed by atoms with Crippen molar-refractivity contribution in [1.82, 2.24) is 5.32 Å². The molecule has 0 aliphatic carbocycles. The first kappa shape index (κ1) is 19.8. The van der Waals surface area contributed by atoms with Gasteiger partial charge in [-0.2, -0.15) is 0 Å². The molecular formula is C13H27ClN2O2. The Hall–Kier alpha value is -0.580. The molecule has 0 unspecified atom stereocenters. The summed E-state index contributed by atoms with van der Waals surface area (Å²) in [5.41, 5.74) is 5.82. The molecule has 0 aromatic carbocycles. The van der Waals surface area contributed by atoms with Crippen LogP contribution in [0.25, 0.3) is 0 Å². The number of ether oxygens (including phenoxy) is 1. The Labute approximate surface area is 117 Å². The normalized spacial score (nSPS) is 10.6. The van der Waals surface area contributed by atoms with Gasteiger partial charge in [0, 0.05) is 25.1 Å². The molecule has 0 aliphatic rings. The first-order valence-corrected chi connectivity index (χ1v) is 6.32. The maximum absolute atomic E-state index is 11.5. The van der Waals surface area contributed by atoms with Gasteiger partial charge in [-0.05, 0) is 19.3 Å². The van der Waals surface area contributed by atoms with Gasteiger partial charge in [-0.15, -0.1) is 19.0 Å². The van der Waals surface area contributed by atoms with Gasteiger partial charge >= 0.3 is 0 Å². The molecule has 0 saturated carbocycles. The average molecular weight is 279 g/mol. The Kier molecular flexibility index (Phi) is 12.6. The third kappa shape index (κ3) is 9.45. The topological polar surface area (TPSA) is 64.3 Å². The molecule has 5 heteroatoms. The van der Waals surface area contributed by atoms with Crippen molar-refractivity contribution in [3.05, 3.63) is 12.7 Å². The zero-order chi connectivity index (χ0) is 13.1. The van der Waals surface area contributed by atoms with E-state index in [9.17, 15) is 4.79 Å². The molecule has 3 N–H and O–H groups in total. The summed E-state index contributed by atoms with van der Waals surface area (Å²) < 4.78 is 5.20. The lowest BCUT2D eigenvalue weighted by Gasteiger charge is -2.26. The maximum Gasteiger partial charge on any atom is 0.220 e. The van der Waals surface area contributed by atoms with Gasteiger partial charge in [0.2, 0.25) is 5.91 Å². The van der Waals surface area contributed by atoms with Crippen LogP contribution in [0.1, 0.15) is 39.5 Å². The molecule has 0 bridgehead atoms. The number of nitrogens with one attached hydrogen (secondary N) is 1. The Bertz CT molecular complexity index is 231. The molecule has 0 saturated heterocycles. The standard InChI is InChI=1S/C13H26N2O2.ClH/c1-4-9-17-10-7-8-12(16)15-11-13(14,5-2)6-3;/h4H,1,5-11,14H2,2-3H3,(H,15,16);1H. The quantitative estimate of drug-likeness (QED) is 0.475. The van der Waals surface area contributed by atoms with Crippen LogP contribution in [0.5, 0.6) is 0 Å². The molecule has 4 nitrogen and oxygen atoms in total. The molecule has 1 amide bonds. The highest BCUT2D eigenvalue weighted by molar-refractivity contribution is 5.85. The van der Waals surface area contributed by atoms with Crippen LogP contribution in [0.15, 0.2) is 12.7 Å². The zero-order valence-electron chi connectivity index (χ0n) is 11.5. The van der Waals surface area contributed by atoms with E-state index >= 15 is 0 Å². The number of hydrogen-bond acceptors (Lipinski definition) is 3. The summed E-state index contributed by atoms with van der Waals surface area (Å²) in [6.07, 6.45) is 4.65. The fourth-order valence-electron chi connectivity index (χ4n) is 1.36. The smallest absolute Gasteiger partial charge is 0.220 e. The van der Waals surface area contributed by atoms with Gasteiger partial charge in [0.1, 0.15) is 0 Å². The van der Waals surface area contributed by atoms with Crippen molar-refractivity contribution in [3.8, 4) is 0 Å². The molecule has 0 atom stereocenters. The van der Waals surface area contributed by atoms with Crippen molar-refractivity contribution in [1.29, 1.82) is 0 Å². The van der Waals surface area contributed by atoms with Gasteiger partial charge in [0.05, 0.1) is 6.61 Å². The summed E-state index contributed by atoms with van der Waals surface area (Å²) in [5, 5.41) is 2.88. The molecule has 0 aliphatic heterocycles. The lowest BCUT2D eigenvalue weighted by molar-refractivity contribution is -0.121. The predicted octanol–water partition coefficient (Wildman–Crippen LogP) is 2.02. The molecule has 0 aromatic heterocycles. The van der Waals surface area contributed by atoms with Gasteiger partial charge in [0.25, 0.3) is 0 Å². The van der Waals surface area contributed by atoms with Gasteiger partial charge in [0.15, 0.2) is 0 Å². The summed E-state index contributed by atoms with van der Waals surface area (Å²) in [6.45, 7) is 9.31. The summed E-state index contributed by atoms with van der Waals surface area (Å²) in [5.74, 6) is 0.0453. The van der Waals surface area contributed by atoms with E-state index < -0.39 is 0 Å². The summed E-state index contributed by atoms with van der Waals surface area (Å²) in [4.78, 5) is 11.5. The second-order valence-electron chi connectivity index (χ2n) is 4.31. The predicted molar refractivity (Wildman–Crippen MR) is 78.0 cm³/mol. The van der Waals surface area contributed by atoms with E-state index in [-0.39, 0.29) is 23.9 Å². The zero-order valence-corrected chi connectivity index (χ0v) is 12.4. The molecule has 0 fully saturated rings. The van der Waals surface area contributed by atoms with Crippen molar-refractivity contribution < 1.29 is 9.53 Å². The number of amides is 1. The van der Waals surface area contributed by atoms with Crippen molar-refractivity contribution in [2.24, 2.45) is 5.73 Å². The van der Waals surface area contributed by atoms with Gasteiger partial charge < -0.3 is 15.8 Å². The Balaban J connectivity index is 0. The van der Waals surface area contributed by atoms with Crippen LogP contribution in [-0.2, 0) is 9.53 Å². The molecule has 0 heterocycles. The second kappa shape index (κ2) is 11.5. The summed E-state index contributed by atoms with van der Waals surface area (Å²) >= 11 is 0. The Morgan fingerprint density at radius 1 is 1.44 bits per heavy atom. The minimum atomic E-state index is -0.269. The number of hydrogen-bond donors (Lipinski definition) is 2. The first-order valence-electron chi connectivity index (χ1n) is 6.32. The molecule has 0 spiro atoms. The molecule has 0 radical (unpaired) electrons. The van der Waals surface area contributed by atoms with Crippen LogP contribution >= 0.6 is 12.4 Å². The van der Waals surface area contributed by atoms with Gasteiger partial charge in [-0.3, -0.25) is 4.79 Å². The molecule has 18 heavy (non-hydrogen) atoms. The highest BCUT2D eigenvalue weighted by Gasteiger charge is 2.20. The summed E-state index contributed by atoms with van der Waals surface area (Å²) in [7, 11) is 0. The minimum absolute atomic E-state index is 0. The van der Waals surface area contributed by atoms with Crippen LogP contribution in [-0.4, -0.2) is 31.2 Å². The Morgan fingerprint density at radius 2 is 2.06 bits per heavy atom. The van der Waals surface area contributed by atoms with E-state index in [2.05, 4.69) is 11.9 Å². The number of carbonyl (C=O) groups excluding carboxylic acids is 1. The van der Waals surface area contributed by atoms with Gasteiger partial charge in [-0.25, -0.2) is 0 Å². The van der Waals surface area contributed by atoms with E-state index in [0.29, 0.717) is 26.2 Å². The maximum atomic E-state index is 11.5. The largest absolute Gasteiger partial charge is 0.377 e. The highest BCUT2D eigenvalue weighted by Crippen LogP contribution is 2.09. The van der Waals surface area contributed by atoms with E-state index in [4.69, 9.17) is 10.5 Å². The number of nitrogens with two attached hydrogens (primary N) is 1. The van der Waals surface area contributed by atoms with Crippen LogP contribution in [0, 0.1) is 0 Å². The average Bonchev–Trinajstić information content (AvgIpc) is 2.35. The molecular weight excluding hydrogens is 252 g/mol. The Morgan fingerprint density at radius 3 is 2.56 bits per heavy atom. The van der Waals surface area contributed by atoms with Crippen LogP contribution in [0.2, 0.25) is 0 Å². The first-order chi connectivity index (χ1) is 8.08. The fourth-order valence-corrected chi connectivity index (χ4v) is 1.36. The van der Waals surface area contributed by atoms with Gasteiger partial charge in [-0.1, -0.05) is 19.9 Å². The third-order valence-electron chi connectivity index (χ3n) is 2.97. The van der Waals surface area contributed by atoms with Crippen molar-refractivity contribution in [3.63, 3.8) is 0 Å². The lowest BCUT2D eigenvalue weighted by atomic mass is 9.94. The monoisotopic (exact) mass is 278 g/mol. The third-order valence-corrected chi connectivity index (χ3v) is 2.97. The lowest BCUT2D eigenvalue weighted by Crippen LogP contribution is -2.49. The number of halogens is 1. The molecule has 108 valence electrons. The van der Waals surface area contributed by atoms with E-state index in [1.54, 1.807) is 6.08 Å². The van der Waals surface area contributed by atoms with Crippen LogP contribution in [0.4, 0.5) is 0 Å².